The zero-order valence-corrected chi connectivity index (χ0v) is 12.5. The smallest absolute Gasteiger partial charge is 0.365 e. The number of rotatable bonds is 1. The van der Waals surface area contributed by atoms with Crippen molar-refractivity contribution in [1.82, 2.24) is 10.2 Å². The van der Waals surface area contributed by atoms with E-state index >= 15 is 0 Å². The van der Waals surface area contributed by atoms with Gasteiger partial charge in [-0.3, -0.25) is 0 Å². The molecule has 0 saturated carbocycles. The minimum Gasteiger partial charge on any atom is -0.365 e. The van der Waals surface area contributed by atoms with Crippen LogP contribution >= 0.6 is 11.6 Å². The molecule has 3 rings (SSSR count). The fraction of sp³-hybridized carbons (Fsp3) is 0.333. The van der Waals surface area contributed by atoms with E-state index in [0.717, 1.165) is 22.9 Å². The molecule has 1 aliphatic rings. The third-order valence-electron chi connectivity index (χ3n) is 3.91. The van der Waals surface area contributed by atoms with Crippen molar-refractivity contribution in [2.45, 2.75) is 26.1 Å². The summed E-state index contributed by atoms with van der Waals surface area (Å²) in [5.74, 6) is 0. The molecule has 116 valence electrons. The molecular formula is C15H13ClF3N3. The van der Waals surface area contributed by atoms with Gasteiger partial charge in [-0.15, -0.1) is 5.10 Å². The van der Waals surface area contributed by atoms with Crippen LogP contribution in [0.5, 0.6) is 0 Å². The summed E-state index contributed by atoms with van der Waals surface area (Å²) < 4.78 is 38.5. The predicted molar refractivity (Wildman–Crippen MR) is 78.0 cm³/mol. The van der Waals surface area contributed by atoms with E-state index in [-0.39, 0.29) is 0 Å². The molecule has 0 unspecified atom stereocenters. The maximum atomic E-state index is 12.8. The Hall–Kier alpha value is -1.82. The SMILES string of the molecule is Cc1c(N2CCc3ccc(C(F)(F)F)cc3C2)cnnc1Cl. The first-order chi connectivity index (χ1) is 10.4. The second kappa shape index (κ2) is 5.43. The Balaban J connectivity index is 1.94. The number of alkyl halides is 3. The average molecular weight is 328 g/mol. The van der Waals surface area contributed by atoms with Gasteiger partial charge in [-0.1, -0.05) is 17.7 Å². The maximum Gasteiger partial charge on any atom is 0.416 e. The highest BCUT2D eigenvalue weighted by Gasteiger charge is 2.31. The first kappa shape index (κ1) is 15.1. The Morgan fingerprint density at radius 3 is 2.73 bits per heavy atom. The first-order valence-electron chi connectivity index (χ1n) is 6.78. The van der Waals surface area contributed by atoms with E-state index in [4.69, 9.17) is 11.6 Å². The number of nitrogens with zero attached hydrogens (tertiary/aromatic N) is 3. The second-order valence-electron chi connectivity index (χ2n) is 5.30. The lowest BCUT2D eigenvalue weighted by atomic mass is 9.96. The van der Waals surface area contributed by atoms with Crippen LogP contribution < -0.4 is 4.90 Å². The molecule has 0 aliphatic carbocycles. The zero-order chi connectivity index (χ0) is 15.9. The van der Waals surface area contributed by atoms with Crippen molar-refractivity contribution in [3.63, 3.8) is 0 Å². The molecule has 22 heavy (non-hydrogen) atoms. The molecule has 1 aromatic carbocycles. The van der Waals surface area contributed by atoms with Crippen LogP contribution in [0.2, 0.25) is 5.15 Å². The lowest BCUT2D eigenvalue weighted by Gasteiger charge is -2.32. The van der Waals surface area contributed by atoms with Crippen molar-refractivity contribution in [2.24, 2.45) is 0 Å². The van der Waals surface area contributed by atoms with E-state index in [9.17, 15) is 13.2 Å². The Bertz CT molecular complexity index is 716. The van der Waals surface area contributed by atoms with Crippen LogP contribution in [-0.2, 0) is 19.1 Å². The summed E-state index contributed by atoms with van der Waals surface area (Å²) in [5.41, 5.74) is 2.62. The molecule has 7 heteroatoms. The van der Waals surface area contributed by atoms with Crippen molar-refractivity contribution >= 4 is 17.3 Å². The standard InChI is InChI=1S/C15H13ClF3N3/c1-9-13(7-20-21-14(9)16)22-5-4-10-2-3-12(15(17,18)19)6-11(10)8-22/h2-3,6-7H,4-5,8H2,1H3. The third kappa shape index (κ3) is 2.75. The van der Waals surface area contributed by atoms with E-state index in [2.05, 4.69) is 10.2 Å². The molecule has 0 saturated heterocycles. The van der Waals surface area contributed by atoms with E-state index in [1.165, 1.54) is 6.07 Å². The topological polar surface area (TPSA) is 29.0 Å². The third-order valence-corrected chi connectivity index (χ3v) is 4.26. The number of halogens is 4. The van der Waals surface area contributed by atoms with Crippen LogP contribution in [0.4, 0.5) is 18.9 Å². The average Bonchev–Trinajstić information content (AvgIpc) is 2.48. The fourth-order valence-electron chi connectivity index (χ4n) is 2.67. The van der Waals surface area contributed by atoms with Gasteiger partial charge in [-0.2, -0.15) is 18.3 Å². The highest BCUT2D eigenvalue weighted by atomic mass is 35.5. The molecule has 0 atom stereocenters. The first-order valence-corrected chi connectivity index (χ1v) is 7.16. The summed E-state index contributed by atoms with van der Waals surface area (Å²) >= 11 is 5.97. The monoisotopic (exact) mass is 327 g/mol. The summed E-state index contributed by atoms with van der Waals surface area (Å²) in [6, 6.07) is 3.94. The molecule has 0 radical (unpaired) electrons. The summed E-state index contributed by atoms with van der Waals surface area (Å²) in [5, 5.41) is 7.91. The van der Waals surface area contributed by atoms with Gasteiger partial charge in [0.1, 0.15) is 0 Å². The van der Waals surface area contributed by atoms with Gasteiger partial charge in [0.2, 0.25) is 0 Å². The molecule has 1 aliphatic heterocycles. The summed E-state index contributed by atoms with van der Waals surface area (Å²) in [4.78, 5) is 1.98. The van der Waals surface area contributed by atoms with Gasteiger partial charge in [0.15, 0.2) is 5.15 Å². The van der Waals surface area contributed by atoms with E-state index in [1.807, 2.05) is 11.8 Å². The lowest BCUT2D eigenvalue weighted by Crippen LogP contribution is -2.31. The Labute approximate surface area is 130 Å². The summed E-state index contributed by atoms with van der Waals surface area (Å²) in [6.45, 7) is 2.94. The number of fused-ring (bicyclic) bond motifs is 1. The lowest BCUT2D eigenvalue weighted by molar-refractivity contribution is -0.137. The minimum absolute atomic E-state index is 0.312. The number of aromatic nitrogens is 2. The molecule has 2 aromatic rings. The minimum atomic E-state index is -4.32. The predicted octanol–water partition coefficient (Wildman–Crippen LogP) is 4.02. The van der Waals surface area contributed by atoms with Crippen molar-refractivity contribution in [3.8, 4) is 0 Å². The molecule has 0 bridgehead atoms. The Morgan fingerprint density at radius 2 is 2.00 bits per heavy atom. The fourth-order valence-corrected chi connectivity index (χ4v) is 2.81. The number of anilines is 1. The molecular weight excluding hydrogens is 315 g/mol. The van der Waals surface area contributed by atoms with E-state index in [1.54, 1.807) is 12.3 Å². The van der Waals surface area contributed by atoms with Crippen LogP contribution in [0.15, 0.2) is 24.4 Å². The maximum absolute atomic E-state index is 12.8. The van der Waals surface area contributed by atoms with Crippen LogP contribution in [-0.4, -0.2) is 16.7 Å². The van der Waals surface area contributed by atoms with Crippen molar-refractivity contribution < 1.29 is 13.2 Å². The molecule has 3 nitrogen and oxygen atoms in total. The largest absolute Gasteiger partial charge is 0.416 e. The summed E-state index contributed by atoms with van der Waals surface area (Å²) in [6.07, 6.45) is -2.04. The number of hydrogen-bond acceptors (Lipinski definition) is 3. The normalized spacial score (nSPS) is 14.9. The molecule has 0 spiro atoms. The van der Waals surface area contributed by atoms with Gasteiger partial charge in [-0.25, -0.2) is 0 Å². The molecule has 0 amide bonds. The highest BCUT2D eigenvalue weighted by molar-refractivity contribution is 6.30. The van der Waals surface area contributed by atoms with Crippen LogP contribution in [0.25, 0.3) is 0 Å². The van der Waals surface area contributed by atoms with Gasteiger partial charge in [0.25, 0.3) is 0 Å². The van der Waals surface area contributed by atoms with Gasteiger partial charge >= 0.3 is 6.18 Å². The van der Waals surface area contributed by atoms with Crippen LogP contribution in [0, 0.1) is 6.92 Å². The number of hydrogen-bond donors (Lipinski definition) is 0. The van der Waals surface area contributed by atoms with Gasteiger partial charge in [0, 0.05) is 18.7 Å². The second-order valence-corrected chi connectivity index (χ2v) is 5.66. The molecule has 0 N–H and O–H groups in total. The van der Waals surface area contributed by atoms with Crippen LogP contribution in [0.1, 0.15) is 22.3 Å². The van der Waals surface area contributed by atoms with Crippen molar-refractivity contribution in [2.75, 3.05) is 11.4 Å². The van der Waals surface area contributed by atoms with E-state index in [0.29, 0.717) is 30.2 Å². The molecule has 2 heterocycles. The summed E-state index contributed by atoms with van der Waals surface area (Å²) in [7, 11) is 0. The number of benzene rings is 1. The quantitative estimate of drug-likeness (QED) is 0.792. The Morgan fingerprint density at radius 1 is 1.23 bits per heavy atom. The molecule has 1 aromatic heterocycles. The van der Waals surface area contributed by atoms with Crippen molar-refractivity contribution in [3.05, 3.63) is 51.8 Å². The molecule has 0 fully saturated rings. The van der Waals surface area contributed by atoms with Crippen LogP contribution in [0.3, 0.4) is 0 Å². The van der Waals surface area contributed by atoms with Gasteiger partial charge in [-0.05, 0) is 36.6 Å². The Kier molecular flexibility index (Phi) is 3.72. The van der Waals surface area contributed by atoms with Gasteiger partial charge in [0.05, 0.1) is 17.4 Å². The highest BCUT2D eigenvalue weighted by Crippen LogP contribution is 2.34. The zero-order valence-electron chi connectivity index (χ0n) is 11.8. The van der Waals surface area contributed by atoms with E-state index < -0.39 is 11.7 Å². The van der Waals surface area contributed by atoms with Crippen molar-refractivity contribution in [1.29, 1.82) is 0 Å². The van der Waals surface area contributed by atoms with Gasteiger partial charge < -0.3 is 4.90 Å².